The van der Waals surface area contributed by atoms with Crippen molar-refractivity contribution in [2.24, 2.45) is 0 Å². The Balaban J connectivity index is 2.07. The van der Waals surface area contributed by atoms with E-state index in [1.165, 1.54) is 0 Å². The molecular formula is C11H9Br2NOS. The van der Waals surface area contributed by atoms with E-state index in [1.807, 2.05) is 30.3 Å². The van der Waals surface area contributed by atoms with Gasteiger partial charge in [-0.05, 0) is 46.3 Å². The number of anilines is 1. The number of thioether (sulfide) groups is 1. The molecule has 16 heavy (non-hydrogen) atoms. The molecule has 2 aromatic rings. The average Bonchev–Trinajstić information content (AvgIpc) is 2.66. The predicted octanol–water partition coefficient (Wildman–Crippen LogP) is 4.68. The lowest BCUT2D eigenvalue weighted by Gasteiger charge is -2.04. The number of hydrogen-bond acceptors (Lipinski definition) is 3. The molecule has 0 saturated heterocycles. The second kappa shape index (κ2) is 5.29. The first-order valence-electron chi connectivity index (χ1n) is 4.57. The minimum Gasteiger partial charge on any atom is -0.453 e. The number of nitrogens with two attached hydrogens (primary N) is 1. The summed E-state index contributed by atoms with van der Waals surface area (Å²) in [5.41, 5.74) is 6.67. The Morgan fingerprint density at radius 1 is 1.19 bits per heavy atom. The molecule has 5 heteroatoms. The molecular weight excluding hydrogens is 354 g/mol. The second-order valence-electron chi connectivity index (χ2n) is 3.18. The number of nitrogen functional groups attached to an aromatic ring is 1. The highest BCUT2D eigenvalue weighted by atomic mass is 79.9. The average molecular weight is 363 g/mol. The number of furan rings is 1. The van der Waals surface area contributed by atoms with Crippen LogP contribution in [-0.2, 0) is 5.75 Å². The Kier molecular flexibility index (Phi) is 4.00. The maximum absolute atomic E-state index is 5.88. The highest BCUT2D eigenvalue weighted by Gasteiger charge is 2.04. The van der Waals surface area contributed by atoms with Crippen molar-refractivity contribution in [1.82, 2.24) is 0 Å². The number of halogens is 2. The zero-order valence-electron chi connectivity index (χ0n) is 8.24. The predicted molar refractivity (Wildman–Crippen MR) is 74.5 cm³/mol. The molecule has 0 saturated carbocycles. The molecule has 1 heterocycles. The second-order valence-corrected chi connectivity index (χ2v) is 5.89. The molecule has 0 fully saturated rings. The molecule has 2 rings (SSSR count). The minimum absolute atomic E-state index is 0.755. The van der Waals surface area contributed by atoms with Crippen LogP contribution in [0.3, 0.4) is 0 Å². The Hall–Kier alpha value is -0.390. The van der Waals surface area contributed by atoms with Gasteiger partial charge in [-0.2, -0.15) is 0 Å². The first kappa shape index (κ1) is 12.1. The first-order valence-corrected chi connectivity index (χ1v) is 7.14. The summed E-state index contributed by atoms with van der Waals surface area (Å²) < 4.78 is 7.21. The lowest BCUT2D eigenvalue weighted by atomic mass is 10.3. The summed E-state index contributed by atoms with van der Waals surface area (Å²) in [7, 11) is 0. The smallest absolute Gasteiger partial charge is 0.169 e. The molecule has 2 nitrogen and oxygen atoms in total. The van der Waals surface area contributed by atoms with Gasteiger partial charge >= 0.3 is 0 Å². The van der Waals surface area contributed by atoms with Crippen LogP contribution in [0.1, 0.15) is 5.76 Å². The van der Waals surface area contributed by atoms with Gasteiger partial charge in [0.2, 0.25) is 0 Å². The Morgan fingerprint density at radius 3 is 2.69 bits per heavy atom. The van der Waals surface area contributed by atoms with E-state index in [9.17, 15) is 0 Å². The molecule has 1 aromatic carbocycles. The van der Waals surface area contributed by atoms with Crippen LogP contribution in [0.5, 0.6) is 0 Å². The Morgan fingerprint density at radius 2 is 2.00 bits per heavy atom. The summed E-state index contributed by atoms with van der Waals surface area (Å²) in [5.74, 6) is 1.70. The molecule has 84 valence electrons. The van der Waals surface area contributed by atoms with Crippen molar-refractivity contribution in [2.45, 2.75) is 10.6 Å². The fourth-order valence-electron chi connectivity index (χ4n) is 1.21. The topological polar surface area (TPSA) is 39.2 Å². The fourth-order valence-corrected chi connectivity index (χ4v) is 2.96. The first-order chi connectivity index (χ1) is 7.65. The van der Waals surface area contributed by atoms with Gasteiger partial charge in [0.1, 0.15) is 5.76 Å². The van der Waals surface area contributed by atoms with Crippen molar-refractivity contribution < 1.29 is 4.42 Å². The third-order valence-corrected chi connectivity index (χ3v) is 3.99. The standard InChI is InChI=1S/C11H9Br2NOS/c12-7-1-3-9(14)10(5-7)16-6-8-2-4-11(13)15-8/h1-5H,6,14H2. The summed E-state index contributed by atoms with van der Waals surface area (Å²) in [4.78, 5) is 1.06. The maximum atomic E-state index is 5.88. The van der Waals surface area contributed by atoms with Crippen molar-refractivity contribution in [2.75, 3.05) is 5.73 Å². The van der Waals surface area contributed by atoms with E-state index < -0.39 is 0 Å². The molecule has 0 aliphatic heterocycles. The van der Waals surface area contributed by atoms with Gasteiger partial charge in [-0.3, -0.25) is 0 Å². The monoisotopic (exact) mass is 361 g/mol. The molecule has 0 aliphatic rings. The normalized spacial score (nSPS) is 10.6. The van der Waals surface area contributed by atoms with Crippen LogP contribution < -0.4 is 5.73 Å². The van der Waals surface area contributed by atoms with Crippen molar-refractivity contribution in [3.63, 3.8) is 0 Å². The van der Waals surface area contributed by atoms with Gasteiger partial charge in [-0.1, -0.05) is 15.9 Å². The molecule has 1 aromatic heterocycles. The van der Waals surface area contributed by atoms with Crippen LogP contribution in [0.2, 0.25) is 0 Å². The summed E-state index contributed by atoms with van der Waals surface area (Å²) in [6, 6.07) is 9.68. The van der Waals surface area contributed by atoms with Gasteiger partial charge in [0, 0.05) is 15.1 Å². The van der Waals surface area contributed by atoms with E-state index >= 15 is 0 Å². The van der Waals surface area contributed by atoms with Crippen LogP contribution in [0.15, 0.2) is 48.8 Å². The largest absolute Gasteiger partial charge is 0.453 e. The maximum Gasteiger partial charge on any atom is 0.169 e. The molecule has 0 atom stereocenters. The fraction of sp³-hybridized carbons (Fsp3) is 0.0909. The molecule has 0 bridgehead atoms. The molecule has 0 amide bonds. The lowest BCUT2D eigenvalue weighted by molar-refractivity contribution is 0.507. The molecule has 0 radical (unpaired) electrons. The Bertz CT molecular complexity index is 498. The third kappa shape index (κ3) is 3.06. The zero-order valence-corrected chi connectivity index (χ0v) is 12.2. The lowest BCUT2D eigenvalue weighted by Crippen LogP contribution is -1.88. The highest BCUT2D eigenvalue weighted by Crippen LogP contribution is 2.31. The summed E-state index contributed by atoms with van der Waals surface area (Å²) >= 11 is 8.36. The van der Waals surface area contributed by atoms with Crippen LogP contribution in [0.25, 0.3) is 0 Å². The van der Waals surface area contributed by atoms with E-state index in [0.717, 1.165) is 31.2 Å². The quantitative estimate of drug-likeness (QED) is 0.636. The number of hydrogen-bond donors (Lipinski definition) is 1. The summed E-state index contributed by atoms with van der Waals surface area (Å²) in [6.07, 6.45) is 0. The van der Waals surface area contributed by atoms with E-state index in [2.05, 4.69) is 31.9 Å². The van der Waals surface area contributed by atoms with Crippen LogP contribution in [0.4, 0.5) is 5.69 Å². The Labute approximate surface area is 115 Å². The van der Waals surface area contributed by atoms with Gasteiger partial charge in [0.05, 0.1) is 5.75 Å². The van der Waals surface area contributed by atoms with Gasteiger partial charge in [-0.15, -0.1) is 11.8 Å². The van der Waals surface area contributed by atoms with Crippen LogP contribution >= 0.6 is 43.6 Å². The number of rotatable bonds is 3. The van der Waals surface area contributed by atoms with Crippen molar-refractivity contribution in [3.8, 4) is 0 Å². The van der Waals surface area contributed by atoms with Gasteiger partial charge in [0.25, 0.3) is 0 Å². The number of benzene rings is 1. The van der Waals surface area contributed by atoms with E-state index in [4.69, 9.17) is 10.2 Å². The molecule has 0 unspecified atom stereocenters. The van der Waals surface area contributed by atoms with E-state index in [-0.39, 0.29) is 0 Å². The van der Waals surface area contributed by atoms with Crippen LogP contribution in [0, 0.1) is 0 Å². The zero-order chi connectivity index (χ0) is 11.5. The van der Waals surface area contributed by atoms with E-state index in [1.54, 1.807) is 11.8 Å². The minimum atomic E-state index is 0.755. The van der Waals surface area contributed by atoms with Crippen molar-refractivity contribution in [3.05, 3.63) is 45.2 Å². The van der Waals surface area contributed by atoms with Gasteiger partial charge < -0.3 is 10.2 Å². The summed E-state index contributed by atoms with van der Waals surface area (Å²) in [5, 5.41) is 0. The van der Waals surface area contributed by atoms with Crippen molar-refractivity contribution >= 4 is 49.3 Å². The van der Waals surface area contributed by atoms with Crippen molar-refractivity contribution in [1.29, 1.82) is 0 Å². The highest BCUT2D eigenvalue weighted by molar-refractivity contribution is 9.10. The van der Waals surface area contributed by atoms with Crippen LogP contribution in [-0.4, -0.2) is 0 Å². The third-order valence-electron chi connectivity index (χ3n) is 1.97. The van der Waals surface area contributed by atoms with Gasteiger partial charge in [0.15, 0.2) is 4.67 Å². The molecule has 0 spiro atoms. The van der Waals surface area contributed by atoms with Gasteiger partial charge in [-0.25, -0.2) is 0 Å². The SMILES string of the molecule is Nc1ccc(Br)cc1SCc1ccc(Br)o1. The van der Waals surface area contributed by atoms with E-state index in [0.29, 0.717) is 0 Å². The summed E-state index contributed by atoms with van der Waals surface area (Å²) in [6.45, 7) is 0. The molecule has 0 aliphatic carbocycles. The molecule has 2 N–H and O–H groups in total.